The molecule has 1 aliphatic carbocycles. The first-order valence-electron chi connectivity index (χ1n) is 8.53. The maximum absolute atomic E-state index is 11.6. The molecule has 1 saturated carbocycles. The van der Waals surface area contributed by atoms with Gasteiger partial charge in [0.25, 0.3) is 0 Å². The Bertz CT molecular complexity index is 565. The van der Waals surface area contributed by atoms with Crippen LogP contribution >= 0.6 is 0 Å². The Morgan fingerprint density at radius 2 is 1.83 bits per heavy atom. The maximum atomic E-state index is 11.6. The minimum Gasteiger partial charge on any atom is -0.354 e. The molecule has 1 amide bonds. The van der Waals surface area contributed by atoms with Gasteiger partial charge in [-0.3, -0.25) is 9.79 Å². The van der Waals surface area contributed by atoms with Crippen molar-refractivity contribution >= 4 is 17.8 Å². The topological polar surface area (TPSA) is 85.8 Å². The van der Waals surface area contributed by atoms with Gasteiger partial charge in [0.2, 0.25) is 11.9 Å². The zero-order valence-corrected chi connectivity index (χ0v) is 14.1. The van der Waals surface area contributed by atoms with Gasteiger partial charge in [-0.15, -0.1) is 0 Å². The van der Waals surface area contributed by atoms with E-state index in [0.717, 1.165) is 50.9 Å². The highest BCUT2D eigenvalue weighted by Gasteiger charge is 2.29. The second kappa shape index (κ2) is 7.94. The minimum absolute atomic E-state index is 0.184. The SMILES string of the molecule is CN=C(NCCNC(=O)C1CC1)N1CCN(c2ncccn2)CC1. The Kier molecular flexibility index (Phi) is 5.45. The Morgan fingerprint density at radius 1 is 1.17 bits per heavy atom. The molecule has 8 heteroatoms. The van der Waals surface area contributed by atoms with Gasteiger partial charge in [0.15, 0.2) is 5.96 Å². The molecule has 0 spiro atoms. The molecule has 2 fully saturated rings. The molecule has 0 bridgehead atoms. The summed E-state index contributed by atoms with van der Waals surface area (Å²) in [5.41, 5.74) is 0. The molecule has 0 aromatic carbocycles. The molecule has 2 aliphatic rings. The van der Waals surface area contributed by atoms with E-state index in [1.54, 1.807) is 19.4 Å². The van der Waals surface area contributed by atoms with Crippen molar-refractivity contribution in [1.29, 1.82) is 0 Å². The number of hydrogen-bond donors (Lipinski definition) is 2. The van der Waals surface area contributed by atoms with Crippen molar-refractivity contribution in [2.45, 2.75) is 12.8 Å². The lowest BCUT2D eigenvalue weighted by Gasteiger charge is -2.36. The van der Waals surface area contributed by atoms with Crippen LogP contribution in [0.4, 0.5) is 5.95 Å². The molecule has 0 atom stereocenters. The van der Waals surface area contributed by atoms with E-state index in [9.17, 15) is 4.79 Å². The largest absolute Gasteiger partial charge is 0.354 e. The van der Waals surface area contributed by atoms with Crippen molar-refractivity contribution < 1.29 is 4.79 Å². The van der Waals surface area contributed by atoms with E-state index in [1.165, 1.54) is 0 Å². The van der Waals surface area contributed by atoms with E-state index in [0.29, 0.717) is 13.1 Å². The summed E-state index contributed by atoms with van der Waals surface area (Å²) in [4.78, 5) is 28.9. The fourth-order valence-corrected chi connectivity index (χ4v) is 2.75. The third kappa shape index (κ3) is 4.33. The number of hydrogen-bond acceptors (Lipinski definition) is 5. The highest BCUT2D eigenvalue weighted by Crippen LogP contribution is 2.28. The van der Waals surface area contributed by atoms with Gasteiger partial charge in [-0.2, -0.15) is 0 Å². The normalized spacial score (nSPS) is 18.5. The molecule has 0 radical (unpaired) electrons. The molecule has 24 heavy (non-hydrogen) atoms. The van der Waals surface area contributed by atoms with E-state index in [2.05, 4.69) is 35.4 Å². The Balaban J connectivity index is 1.39. The first-order chi connectivity index (χ1) is 11.8. The third-order valence-electron chi connectivity index (χ3n) is 4.28. The van der Waals surface area contributed by atoms with Crippen LogP contribution in [-0.4, -0.2) is 73.1 Å². The van der Waals surface area contributed by atoms with Crippen molar-refractivity contribution in [2.24, 2.45) is 10.9 Å². The van der Waals surface area contributed by atoms with Crippen molar-refractivity contribution in [3.8, 4) is 0 Å². The molecule has 1 aliphatic heterocycles. The molecule has 3 rings (SSSR count). The van der Waals surface area contributed by atoms with Gasteiger partial charge in [0.05, 0.1) is 0 Å². The van der Waals surface area contributed by atoms with E-state index >= 15 is 0 Å². The first kappa shape index (κ1) is 16.5. The molecule has 1 saturated heterocycles. The van der Waals surface area contributed by atoms with Crippen molar-refractivity contribution in [1.82, 2.24) is 25.5 Å². The number of carbonyl (C=O) groups excluding carboxylic acids is 1. The summed E-state index contributed by atoms with van der Waals surface area (Å²) in [6, 6.07) is 1.83. The van der Waals surface area contributed by atoms with Gasteiger partial charge in [0.1, 0.15) is 0 Å². The van der Waals surface area contributed by atoms with Gasteiger partial charge in [-0.25, -0.2) is 9.97 Å². The monoisotopic (exact) mass is 331 g/mol. The van der Waals surface area contributed by atoms with Crippen LogP contribution in [0.5, 0.6) is 0 Å². The van der Waals surface area contributed by atoms with Gasteiger partial charge < -0.3 is 20.4 Å². The van der Waals surface area contributed by atoms with Crippen molar-refractivity contribution in [3.05, 3.63) is 18.5 Å². The van der Waals surface area contributed by atoms with Gasteiger partial charge in [0, 0.05) is 64.6 Å². The zero-order valence-electron chi connectivity index (χ0n) is 14.1. The molecule has 1 aromatic rings. The van der Waals surface area contributed by atoms with Crippen LogP contribution in [0.1, 0.15) is 12.8 Å². The lowest BCUT2D eigenvalue weighted by atomic mass is 10.3. The van der Waals surface area contributed by atoms with Gasteiger partial charge in [-0.1, -0.05) is 0 Å². The summed E-state index contributed by atoms with van der Waals surface area (Å²) in [5, 5.41) is 6.28. The first-order valence-corrected chi connectivity index (χ1v) is 8.53. The summed E-state index contributed by atoms with van der Waals surface area (Å²) in [6.07, 6.45) is 5.61. The highest BCUT2D eigenvalue weighted by atomic mass is 16.2. The number of aliphatic imine (C=N–C) groups is 1. The van der Waals surface area contributed by atoms with Crippen LogP contribution < -0.4 is 15.5 Å². The van der Waals surface area contributed by atoms with Crippen LogP contribution in [0.2, 0.25) is 0 Å². The van der Waals surface area contributed by atoms with Crippen LogP contribution in [-0.2, 0) is 4.79 Å². The van der Waals surface area contributed by atoms with Crippen molar-refractivity contribution in [3.63, 3.8) is 0 Å². The van der Waals surface area contributed by atoms with Crippen LogP contribution in [0.25, 0.3) is 0 Å². The summed E-state index contributed by atoms with van der Waals surface area (Å²) < 4.78 is 0. The summed E-state index contributed by atoms with van der Waals surface area (Å²) in [7, 11) is 1.79. The molecule has 2 heterocycles. The number of anilines is 1. The molecule has 2 N–H and O–H groups in total. The lowest BCUT2D eigenvalue weighted by Crippen LogP contribution is -2.53. The standard InChI is InChI=1S/C16H25N7O/c1-17-15(21-8-7-18-14(24)13-3-4-13)22-9-11-23(12-10-22)16-19-5-2-6-20-16/h2,5-6,13H,3-4,7-12H2,1H3,(H,17,21)(H,18,24). The third-order valence-corrected chi connectivity index (χ3v) is 4.28. The Hall–Kier alpha value is -2.38. The minimum atomic E-state index is 0.184. The van der Waals surface area contributed by atoms with E-state index in [1.807, 2.05) is 6.07 Å². The average Bonchev–Trinajstić information content (AvgIpc) is 3.48. The maximum Gasteiger partial charge on any atom is 0.225 e. The van der Waals surface area contributed by atoms with Gasteiger partial charge in [-0.05, 0) is 18.9 Å². The predicted octanol–water partition coefficient (Wildman–Crippen LogP) is -0.300. The lowest BCUT2D eigenvalue weighted by molar-refractivity contribution is -0.122. The second-order valence-electron chi connectivity index (χ2n) is 6.06. The summed E-state index contributed by atoms with van der Waals surface area (Å²) >= 11 is 0. The van der Waals surface area contributed by atoms with Gasteiger partial charge >= 0.3 is 0 Å². The van der Waals surface area contributed by atoms with E-state index in [4.69, 9.17) is 0 Å². The Morgan fingerprint density at radius 3 is 2.46 bits per heavy atom. The Labute approximate surface area is 142 Å². The van der Waals surface area contributed by atoms with Crippen LogP contribution in [0, 0.1) is 5.92 Å². The molecular formula is C16H25N7O. The molecule has 0 unspecified atom stereocenters. The summed E-state index contributed by atoms with van der Waals surface area (Å²) in [5.74, 6) is 2.10. The number of amides is 1. The van der Waals surface area contributed by atoms with Crippen LogP contribution in [0.3, 0.4) is 0 Å². The smallest absolute Gasteiger partial charge is 0.225 e. The number of nitrogens with one attached hydrogen (secondary N) is 2. The number of piperazine rings is 1. The number of nitrogens with zero attached hydrogens (tertiary/aromatic N) is 5. The predicted molar refractivity (Wildman–Crippen MR) is 92.9 cm³/mol. The molecule has 1 aromatic heterocycles. The fraction of sp³-hybridized carbons (Fsp3) is 0.625. The number of rotatable bonds is 5. The fourth-order valence-electron chi connectivity index (χ4n) is 2.75. The number of carbonyl (C=O) groups is 1. The average molecular weight is 331 g/mol. The van der Waals surface area contributed by atoms with E-state index < -0.39 is 0 Å². The highest BCUT2D eigenvalue weighted by molar-refractivity contribution is 5.81. The summed E-state index contributed by atoms with van der Waals surface area (Å²) in [6.45, 7) is 4.78. The number of aromatic nitrogens is 2. The molecule has 8 nitrogen and oxygen atoms in total. The zero-order chi connectivity index (χ0) is 16.8. The molecular weight excluding hydrogens is 306 g/mol. The quantitative estimate of drug-likeness (QED) is 0.438. The second-order valence-corrected chi connectivity index (χ2v) is 6.06. The number of guanidine groups is 1. The van der Waals surface area contributed by atoms with E-state index in [-0.39, 0.29) is 11.8 Å². The van der Waals surface area contributed by atoms with Crippen molar-refractivity contribution in [2.75, 3.05) is 51.2 Å². The van der Waals surface area contributed by atoms with Crippen LogP contribution in [0.15, 0.2) is 23.5 Å². The molecule has 130 valence electrons.